The maximum atomic E-state index is 12.2. The van der Waals surface area contributed by atoms with Crippen molar-refractivity contribution in [1.82, 2.24) is 4.90 Å². The lowest BCUT2D eigenvalue weighted by molar-refractivity contribution is -0.128. The summed E-state index contributed by atoms with van der Waals surface area (Å²) >= 11 is 0. The van der Waals surface area contributed by atoms with E-state index in [-0.39, 0.29) is 0 Å². The van der Waals surface area contributed by atoms with Crippen molar-refractivity contribution < 1.29 is 4.79 Å². The van der Waals surface area contributed by atoms with Gasteiger partial charge in [0.2, 0.25) is 0 Å². The average Bonchev–Trinajstić information content (AvgIpc) is 2.40. The Bertz CT molecular complexity index is 276. The fraction of sp³-hybridized carbons (Fsp3) is 0.938. The van der Waals surface area contributed by atoms with Gasteiger partial charge in [0.25, 0.3) is 0 Å². The van der Waals surface area contributed by atoms with Gasteiger partial charge in [0.15, 0.2) is 0 Å². The molecule has 2 nitrogen and oxygen atoms in total. The molecule has 0 amide bonds. The first-order chi connectivity index (χ1) is 8.74. The van der Waals surface area contributed by atoms with Gasteiger partial charge in [0.05, 0.1) is 0 Å². The van der Waals surface area contributed by atoms with Crippen LogP contribution >= 0.6 is 0 Å². The van der Waals surface area contributed by atoms with Crippen LogP contribution in [0.1, 0.15) is 71.6 Å². The third-order valence-corrected chi connectivity index (χ3v) is 4.93. The molecule has 3 unspecified atom stereocenters. The number of carbonyl (C=O) groups is 1. The molecule has 1 saturated heterocycles. The van der Waals surface area contributed by atoms with Crippen LogP contribution in [0.3, 0.4) is 0 Å². The SMILES string of the molecule is CCCC(C)N1CCCCC1C1CCCCC1=O. The Labute approximate surface area is 112 Å². The van der Waals surface area contributed by atoms with E-state index < -0.39 is 0 Å². The van der Waals surface area contributed by atoms with Crippen LogP contribution in [0.15, 0.2) is 0 Å². The molecule has 1 aliphatic heterocycles. The normalized spacial score (nSPS) is 32.4. The summed E-state index contributed by atoms with van der Waals surface area (Å²) in [4.78, 5) is 14.9. The van der Waals surface area contributed by atoms with Gasteiger partial charge in [0, 0.05) is 24.4 Å². The Kier molecular flexibility index (Phi) is 5.23. The zero-order valence-corrected chi connectivity index (χ0v) is 12.2. The number of rotatable bonds is 4. The van der Waals surface area contributed by atoms with Gasteiger partial charge in [-0.15, -0.1) is 0 Å². The van der Waals surface area contributed by atoms with E-state index in [1.807, 2.05) is 0 Å². The van der Waals surface area contributed by atoms with Crippen LogP contribution in [0, 0.1) is 5.92 Å². The second-order valence-electron chi connectivity index (χ2n) is 6.26. The summed E-state index contributed by atoms with van der Waals surface area (Å²) in [5.74, 6) is 0.917. The van der Waals surface area contributed by atoms with Crippen LogP contribution in [0.25, 0.3) is 0 Å². The fourth-order valence-electron chi connectivity index (χ4n) is 3.96. The number of carbonyl (C=O) groups excluding carboxylic acids is 1. The van der Waals surface area contributed by atoms with Crippen LogP contribution in [-0.4, -0.2) is 29.3 Å². The van der Waals surface area contributed by atoms with E-state index in [0.29, 0.717) is 23.8 Å². The quantitative estimate of drug-likeness (QED) is 0.757. The molecule has 3 atom stereocenters. The highest BCUT2D eigenvalue weighted by atomic mass is 16.1. The number of ketones is 1. The minimum atomic E-state index is 0.360. The van der Waals surface area contributed by atoms with E-state index in [9.17, 15) is 4.79 Å². The average molecular weight is 251 g/mol. The number of piperidine rings is 1. The molecule has 2 heteroatoms. The third kappa shape index (κ3) is 3.14. The van der Waals surface area contributed by atoms with Crippen LogP contribution in [0.5, 0.6) is 0 Å². The third-order valence-electron chi connectivity index (χ3n) is 4.93. The van der Waals surface area contributed by atoms with E-state index in [1.165, 1.54) is 45.1 Å². The minimum Gasteiger partial charge on any atom is -0.299 e. The van der Waals surface area contributed by atoms with Gasteiger partial charge < -0.3 is 0 Å². The smallest absolute Gasteiger partial charge is 0.137 e. The number of nitrogens with zero attached hydrogens (tertiary/aromatic N) is 1. The first kappa shape index (κ1) is 14.0. The molecule has 0 N–H and O–H groups in total. The monoisotopic (exact) mass is 251 g/mol. The first-order valence-electron chi connectivity index (χ1n) is 8.02. The zero-order chi connectivity index (χ0) is 13.0. The molecule has 1 aliphatic carbocycles. The number of Topliss-reactive ketones (excluding diaryl/α,β-unsaturated/α-hetero) is 1. The lowest BCUT2D eigenvalue weighted by atomic mass is 9.78. The summed E-state index contributed by atoms with van der Waals surface area (Å²) in [6.07, 6.45) is 10.8. The molecule has 2 aliphatic rings. The lowest BCUT2D eigenvalue weighted by Gasteiger charge is -2.44. The molecule has 0 bridgehead atoms. The molecule has 0 spiro atoms. The number of hydrogen-bond donors (Lipinski definition) is 0. The maximum absolute atomic E-state index is 12.2. The van der Waals surface area contributed by atoms with E-state index in [1.54, 1.807) is 0 Å². The Balaban J connectivity index is 2.04. The van der Waals surface area contributed by atoms with E-state index in [4.69, 9.17) is 0 Å². The highest BCUT2D eigenvalue weighted by Crippen LogP contribution is 2.33. The molecule has 1 saturated carbocycles. The minimum absolute atomic E-state index is 0.360. The largest absolute Gasteiger partial charge is 0.299 e. The molecule has 0 aromatic carbocycles. The standard InChI is InChI=1S/C16H29NO/c1-3-8-13(2)17-12-7-6-10-15(17)14-9-4-5-11-16(14)18/h13-15H,3-12H2,1-2H3. The first-order valence-corrected chi connectivity index (χ1v) is 8.02. The van der Waals surface area contributed by atoms with Crippen molar-refractivity contribution in [2.24, 2.45) is 5.92 Å². The Morgan fingerprint density at radius 1 is 1.22 bits per heavy atom. The van der Waals surface area contributed by atoms with Crippen molar-refractivity contribution in [3.63, 3.8) is 0 Å². The van der Waals surface area contributed by atoms with Gasteiger partial charge in [-0.2, -0.15) is 0 Å². The van der Waals surface area contributed by atoms with Crippen molar-refractivity contribution in [2.45, 2.75) is 83.7 Å². The number of likely N-dealkylation sites (tertiary alicyclic amines) is 1. The van der Waals surface area contributed by atoms with Crippen molar-refractivity contribution in [3.05, 3.63) is 0 Å². The zero-order valence-electron chi connectivity index (χ0n) is 12.2. The summed E-state index contributed by atoms with van der Waals surface area (Å²) in [6.45, 7) is 5.84. The summed E-state index contributed by atoms with van der Waals surface area (Å²) in [7, 11) is 0. The van der Waals surface area contributed by atoms with Gasteiger partial charge in [0.1, 0.15) is 5.78 Å². The predicted molar refractivity (Wildman–Crippen MR) is 75.7 cm³/mol. The molecule has 0 aromatic heterocycles. The van der Waals surface area contributed by atoms with E-state index in [0.717, 1.165) is 19.3 Å². The molecule has 0 radical (unpaired) electrons. The van der Waals surface area contributed by atoms with Crippen molar-refractivity contribution >= 4 is 5.78 Å². The predicted octanol–water partition coefficient (Wildman–Crippen LogP) is 3.79. The molecule has 1 heterocycles. The highest BCUT2D eigenvalue weighted by molar-refractivity contribution is 5.82. The van der Waals surface area contributed by atoms with Crippen LogP contribution in [0.4, 0.5) is 0 Å². The molecule has 2 fully saturated rings. The second-order valence-corrected chi connectivity index (χ2v) is 6.26. The van der Waals surface area contributed by atoms with Crippen molar-refractivity contribution in [1.29, 1.82) is 0 Å². The van der Waals surface area contributed by atoms with Crippen molar-refractivity contribution in [2.75, 3.05) is 6.54 Å². The summed E-state index contributed by atoms with van der Waals surface area (Å²) < 4.78 is 0. The van der Waals surface area contributed by atoms with E-state index >= 15 is 0 Å². The second kappa shape index (κ2) is 6.70. The van der Waals surface area contributed by atoms with Gasteiger partial charge >= 0.3 is 0 Å². The van der Waals surface area contributed by atoms with Crippen LogP contribution < -0.4 is 0 Å². The Hall–Kier alpha value is -0.370. The maximum Gasteiger partial charge on any atom is 0.137 e. The Morgan fingerprint density at radius 3 is 2.72 bits per heavy atom. The summed E-state index contributed by atoms with van der Waals surface area (Å²) in [5.41, 5.74) is 0. The summed E-state index contributed by atoms with van der Waals surface area (Å²) in [6, 6.07) is 1.23. The summed E-state index contributed by atoms with van der Waals surface area (Å²) in [5, 5.41) is 0. The highest BCUT2D eigenvalue weighted by Gasteiger charge is 2.36. The molecule has 104 valence electrons. The number of hydrogen-bond acceptors (Lipinski definition) is 2. The molecule has 18 heavy (non-hydrogen) atoms. The van der Waals surface area contributed by atoms with Gasteiger partial charge in [-0.05, 0) is 45.6 Å². The lowest BCUT2D eigenvalue weighted by Crippen LogP contribution is -2.51. The van der Waals surface area contributed by atoms with Gasteiger partial charge in [-0.3, -0.25) is 9.69 Å². The fourth-order valence-corrected chi connectivity index (χ4v) is 3.96. The van der Waals surface area contributed by atoms with Gasteiger partial charge in [-0.25, -0.2) is 0 Å². The van der Waals surface area contributed by atoms with Crippen molar-refractivity contribution in [3.8, 4) is 0 Å². The van der Waals surface area contributed by atoms with Gasteiger partial charge in [-0.1, -0.05) is 26.2 Å². The topological polar surface area (TPSA) is 20.3 Å². The molecule has 0 aromatic rings. The molecular weight excluding hydrogens is 222 g/mol. The van der Waals surface area contributed by atoms with Crippen LogP contribution in [-0.2, 0) is 4.79 Å². The Morgan fingerprint density at radius 2 is 2.00 bits per heavy atom. The molecule has 2 rings (SSSR count). The van der Waals surface area contributed by atoms with Crippen LogP contribution in [0.2, 0.25) is 0 Å². The molecular formula is C16H29NO. The van der Waals surface area contributed by atoms with E-state index in [2.05, 4.69) is 18.7 Å².